The lowest BCUT2D eigenvalue weighted by atomic mass is 9.85. The number of hydrogen-bond donors (Lipinski definition) is 2. The number of rotatable bonds is 5. The molecule has 0 radical (unpaired) electrons. The molecule has 4 aliphatic rings. The molecule has 0 saturated carbocycles. The monoisotopic (exact) mass is 1050 g/mol. The summed E-state index contributed by atoms with van der Waals surface area (Å²) in [5.74, 6) is -2.28. The molecule has 10 nitrogen and oxygen atoms in total. The molecule has 0 aliphatic carbocycles. The maximum Gasteiger partial charge on any atom is 0.266 e. The molecule has 10 heteroatoms. The van der Waals surface area contributed by atoms with E-state index in [4.69, 9.17) is 9.97 Å². The lowest BCUT2D eigenvalue weighted by Crippen LogP contribution is -2.44. The highest BCUT2D eigenvalue weighted by Crippen LogP contribution is 2.46. The van der Waals surface area contributed by atoms with Gasteiger partial charge < -0.3 is 9.97 Å². The van der Waals surface area contributed by atoms with E-state index >= 15 is 9.59 Å². The van der Waals surface area contributed by atoms with Crippen molar-refractivity contribution in [2.45, 2.75) is 83.1 Å². The molecular formula is C70H58N6O4. The summed E-state index contributed by atoms with van der Waals surface area (Å²) in [5.41, 5.74) is 25.7. The average Bonchev–Trinajstić information content (AvgIpc) is 4.30. The van der Waals surface area contributed by atoms with Crippen molar-refractivity contribution in [3.05, 3.63) is 209 Å². The zero-order valence-corrected chi connectivity index (χ0v) is 47.0. The minimum Gasteiger partial charge on any atom is -0.354 e. The predicted octanol–water partition coefficient (Wildman–Crippen LogP) is 16.1. The van der Waals surface area contributed by atoms with Gasteiger partial charge in [0.25, 0.3) is 23.6 Å². The molecule has 7 heterocycles. The van der Waals surface area contributed by atoms with Crippen LogP contribution < -0.4 is 9.80 Å². The number of aromatic amines is 2. The Morgan fingerprint density at radius 3 is 1.20 bits per heavy atom. The molecule has 3 aromatic heterocycles. The van der Waals surface area contributed by atoms with Crippen LogP contribution in [-0.2, 0) is 0 Å². The number of carbonyl (C=O) groups excluding carboxylic acids is 4. The molecule has 0 atom stereocenters. The van der Waals surface area contributed by atoms with E-state index in [1.54, 1.807) is 24.3 Å². The SMILES string of the molecule is Cc1cc(C)cc(-c2c3nc(c(-c4c(C)c(C)cc(C)c4C)c4ccc([nH]4)c(N4C(=O)c5ccc6c7c(ccc(c57)C4=O)C(=O)N(c4cc(C)ccc4C)C6=O)c4nc(c(-c5c(C)c(C)cc(C)c5C)c5ccc2[nH]5)C=C4)C=C3)c1. The van der Waals surface area contributed by atoms with E-state index in [1.807, 2.05) is 56.3 Å². The summed E-state index contributed by atoms with van der Waals surface area (Å²) in [7, 11) is 0. The lowest BCUT2D eigenvalue weighted by molar-refractivity contribution is 0.0873. The topological polar surface area (TPSA) is 132 Å². The van der Waals surface area contributed by atoms with E-state index < -0.39 is 23.6 Å². The molecule has 392 valence electrons. The van der Waals surface area contributed by atoms with Gasteiger partial charge in [-0.3, -0.25) is 19.2 Å². The summed E-state index contributed by atoms with van der Waals surface area (Å²) in [4.78, 5) is 81.9. The molecule has 9 aromatic rings. The molecule has 8 bridgehead atoms. The number of nitrogens with one attached hydrogen (secondary N) is 2. The third-order valence-corrected chi connectivity index (χ3v) is 17.2. The van der Waals surface area contributed by atoms with Crippen molar-refractivity contribution in [1.82, 2.24) is 19.9 Å². The van der Waals surface area contributed by atoms with Gasteiger partial charge in [0, 0.05) is 66.3 Å². The van der Waals surface area contributed by atoms with Crippen LogP contribution in [0.3, 0.4) is 0 Å². The number of H-pyrrole nitrogens is 2. The Morgan fingerprint density at radius 1 is 0.338 bits per heavy atom. The molecule has 0 fully saturated rings. The van der Waals surface area contributed by atoms with Gasteiger partial charge in [-0.15, -0.1) is 0 Å². The molecule has 6 aromatic carbocycles. The number of anilines is 2. The van der Waals surface area contributed by atoms with Gasteiger partial charge in [0.2, 0.25) is 0 Å². The van der Waals surface area contributed by atoms with Gasteiger partial charge in [0.05, 0.1) is 34.0 Å². The molecular weight excluding hydrogens is 989 g/mol. The van der Waals surface area contributed by atoms with Gasteiger partial charge in [-0.05, 0) is 234 Å². The van der Waals surface area contributed by atoms with E-state index in [-0.39, 0.29) is 33.3 Å². The van der Waals surface area contributed by atoms with E-state index in [0.29, 0.717) is 28.0 Å². The standard InChI is InChI=1S/C70H58N6O4/c1-33-13-14-36(4)58(30-33)75-67(77)46-15-17-48-63-49(18-16-47(62(46)63)68(75)78)70(80)76(69(48)79)66-56-25-23-54(73-56)64(59-41(9)37(5)31-38(6)42(59)10)52-21-19-50(71-52)61(45-28-34(2)27-35(3)29-45)51-20-22-53(72-51)65(55-24-26-57(66)74-55)60-43(11)39(7)32-40(8)44(60)12/h13-32,71,74H,1-12H3. The first-order chi connectivity index (χ1) is 38.3. The largest absolute Gasteiger partial charge is 0.354 e. The Kier molecular flexibility index (Phi) is 11.3. The maximum absolute atomic E-state index is 15.8. The van der Waals surface area contributed by atoms with Crippen LogP contribution in [0.15, 0.2) is 97.1 Å². The average molecular weight is 1050 g/mol. The number of nitrogens with zero attached hydrogens (tertiary/aromatic N) is 4. The first-order valence-corrected chi connectivity index (χ1v) is 27.1. The minimum absolute atomic E-state index is 0.185. The zero-order chi connectivity index (χ0) is 56.1. The summed E-state index contributed by atoms with van der Waals surface area (Å²) in [5, 5.41) is 0.564. The molecule has 0 saturated heterocycles. The number of amides is 4. The van der Waals surface area contributed by atoms with Crippen molar-refractivity contribution >= 4 is 92.1 Å². The van der Waals surface area contributed by atoms with Crippen LogP contribution in [0.25, 0.3) is 90.5 Å². The van der Waals surface area contributed by atoms with Crippen LogP contribution in [0.4, 0.5) is 11.4 Å². The van der Waals surface area contributed by atoms with Crippen LogP contribution in [0.2, 0.25) is 0 Å². The van der Waals surface area contributed by atoms with Gasteiger partial charge in [0.15, 0.2) is 0 Å². The second-order valence-electron chi connectivity index (χ2n) is 22.4. The fraction of sp³-hybridized carbons (Fsp3) is 0.171. The van der Waals surface area contributed by atoms with Gasteiger partial charge in [0.1, 0.15) is 5.69 Å². The van der Waals surface area contributed by atoms with Crippen LogP contribution in [0.5, 0.6) is 0 Å². The zero-order valence-electron chi connectivity index (χ0n) is 47.0. The first kappa shape index (κ1) is 50.0. The van der Waals surface area contributed by atoms with Crippen molar-refractivity contribution < 1.29 is 19.2 Å². The molecule has 4 amide bonds. The van der Waals surface area contributed by atoms with Crippen LogP contribution in [0.1, 0.15) is 131 Å². The van der Waals surface area contributed by atoms with Crippen molar-refractivity contribution in [3.8, 4) is 33.4 Å². The van der Waals surface area contributed by atoms with E-state index in [9.17, 15) is 9.59 Å². The highest BCUT2D eigenvalue weighted by molar-refractivity contribution is 6.43. The number of benzene rings is 6. The van der Waals surface area contributed by atoms with Crippen molar-refractivity contribution in [2.75, 3.05) is 9.80 Å². The van der Waals surface area contributed by atoms with Crippen molar-refractivity contribution in [1.29, 1.82) is 0 Å². The summed E-state index contributed by atoms with van der Waals surface area (Å²) in [6, 6.07) is 31.3. The molecule has 80 heavy (non-hydrogen) atoms. The van der Waals surface area contributed by atoms with Gasteiger partial charge in [-0.2, -0.15) is 0 Å². The number of aryl methyl sites for hydroxylation is 8. The van der Waals surface area contributed by atoms with Crippen molar-refractivity contribution in [3.63, 3.8) is 0 Å². The molecule has 0 unspecified atom stereocenters. The summed E-state index contributed by atoms with van der Waals surface area (Å²) in [6.45, 7) is 25.1. The van der Waals surface area contributed by atoms with E-state index in [2.05, 4.69) is 134 Å². The maximum atomic E-state index is 15.8. The molecule has 2 N–H and O–H groups in total. The number of hydrogen-bond acceptors (Lipinski definition) is 6. The molecule has 4 aliphatic heterocycles. The fourth-order valence-corrected chi connectivity index (χ4v) is 12.8. The second-order valence-corrected chi connectivity index (χ2v) is 22.4. The van der Waals surface area contributed by atoms with E-state index in [0.717, 1.165) is 128 Å². The minimum atomic E-state index is -0.616. The third kappa shape index (κ3) is 7.38. The quantitative estimate of drug-likeness (QED) is 0.165. The lowest BCUT2D eigenvalue weighted by Gasteiger charge is -2.32. The van der Waals surface area contributed by atoms with Crippen LogP contribution >= 0.6 is 0 Å². The summed E-state index contributed by atoms with van der Waals surface area (Å²) in [6.07, 6.45) is 8.05. The van der Waals surface area contributed by atoms with Crippen molar-refractivity contribution in [2.24, 2.45) is 0 Å². The van der Waals surface area contributed by atoms with Crippen LogP contribution in [0, 0.1) is 83.1 Å². The Balaban J connectivity index is 1.14. The number of imide groups is 2. The Hall–Kier alpha value is -9.54. The first-order valence-electron chi connectivity index (χ1n) is 27.1. The van der Waals surface area contributed by atoms with Gasteiger partial charge in [-0.1, -0.05) is 53.6 Å². The summed E-state index contributed by atoms with van der Waals surface area (Å²) < 4.78 is 0. The highest BCUT2D eigenvalue weighted by atomic mass is 16.2. The normalized spacial score (nSPS) is 13.7. The van der Waals surface area contributed by atoms with Crippen LogP contribution in [-0.4, -0.2) is 43.6 Å². The van der Waals surface area contributed by atoms with E-state index in [1.165, 1.54) is 9.80 Å². The van der Waals surface area contributed by atoms with Gasteiger partial charge in [-0.25, -0.2) is 19.8 Å². The smallest absolute Gasteiger partial charge is 0.266 e. The fourth-order valence-electron chi connectivity index (χ4n) is 12.8. The Morgan fingerprint density at radius 2 is 0.725 bits per heavy atom. The number of aromatic nitrogens is 4. The number of carbonyl (C=O) groups is 4. The van der Waals surface area contributed by atoms with Gasteiger partial charge >= 0.3 is 0 Å². The second kappa shape index (κ2) is 18.0. The molecule has 0 spiro atoms. The predicted molar refractivity (Wildman–Crippen MR) is 325 cm³/mol. The highest BCUT2D eigenvalue weighted by Gasteiger charge is 2.42. The number of fused-ring (bicyclic) bond motifs is 8. The molecule has 13 rings (SSSR count). The third-order valence-electron chi connectivity index (χ3n) is 17.2. The summed E-state index contributed by atoms with van der Waals surface area (Å²) >= 11 is 0. The Labute approximate surface area is 464 Å². The Bertz CT molecular complexity index is 4450.